The first-order valence-electron chi connectivity index (χ1n) is 6.20. The van der Waals surface area contributed by atoms with Crippen molar-refractivity contribution in [3.05, 3.63) is 29.6 Å². The molecule has 0 aromatic heterocycles. The summed E-state index contributed by atoms with van der Waals surface area (Å²) in [6, 6.07) is 4.11. The fraction of sp³-hybridized carbons (Fsp3) is 0.385. The molecular weight excluding hydrogens is 267 g/mol. The van der Waals surface area contributed by atoms with Gasteiger partial charge in [0.05, 0.1) is 18.9 Å². The monoisotopic (exact) mass is 282 g/mol. The molecule has 2 N–H and O–H groups in total. The van der Waals surface area contributed by atoms with Gasteiger partial charge < -0.3 is 20.1 Å². The van der Waals surface area contributed by atoms with Crippen LogP contribution in [0.4, 0.5) is 10.1 Å². The van der Waals surface area contributed by atoms with Crippen molar-refractivity contribution in [2.45, 2.75) is 0 Å². The number of hydrogen-bond donors (Lipinski definition) is 2. The Morgan fingerprint density at radius 3 is 2.65 bits per heavy atom. The number of amides is 1. The van der Waals surface area contributed by atoms with E-state index in [4.69, 9.17) is 9.84 Å². The van der Waals surface area contributed by atoms with Crippen LogP contribution in [0.2, 0.25) is 0 Å². The Balaban J connectivity index is 2.08. The maximum absolute atomic E-state index is 14.0. The summed E-state index contributed by atoms with van der Waals surface area (Å²) in [6.45, 7) is 1.79. The van der Waals surface area contributed by atoms with Crippen LogP contribution in [0.3, 0.4) is 0 Å². The summed E-state index contributed by atoms with van der Waals surface area (Å²) in [4.78, 5) is 23.8. The predicted molar refractivity (Wildman–Crippen MR) is 69.4 cm³/mol. The van der Waals surface area contributed by atoms with Gasteiger partial charge in [0.15, 0.2) is 0 Å². The molecule has 20 heavy (non-hydrogen) atoms. The smallest absolute Gasteiger partial charge is 0.322 e. The first kappa shape index (κ1) is 14.3. The molecule has 0 radical (unpaired) electrons. The quantitative estimate of drug-likeness (QED) is 0.839. The van der Waals surface area contributed by atoms with Crippen LogP contribution in [-0.4, -0.2) is 49.8 Å². The van der Waals surface area contributed by atoms with E-state index in [9.17, 15) is 14.0 Å². The van der Waals surface area contributed by atoms with Crippen molar-refractivity contribution in [3.8, 4) is 0 Å². The summed E-state index contributed by atoms with van der Waals surface area (Å²) in [5.74, 6) is -2.27. The largest absolute Gasteiger partial charge is 0.480 e. The SMILES string of the molecule is O=C(O)CNC(=O)c1ccc(N2CCOCC2)c(F)c1. The molecule has 2 rings (SSSR count). The molecule has 1 aliphatic heterocycles. The van der Waals surface area contributed by atoms with Gasteiger partial charge in [-0.2, -0.15) is 0 Å². The van der Waals surface area contributed by atoms with E-state index in [1.165, 1.54) is 12.1 Å². The molecular formula is C13H15FN2O4. The number of benzene rings is 1. The molecule has 0 atom stereocenters. The summed E-state index contributed by atoms with van der Waals surface area (Å²) in [6.07, 6.45) is 0. The number of ether oxygens (including phenoxy) is 1. The highest BCUT2D eigenvalue weighted by atomic mass is 19.1. The highest BCUT2D eigenvalue weighted by Crippen LogP contribution is 2.21. The zero-order valence-corrected chi connectivity index (χ0v) is 10.8. The van der Waals surface area contributed by atoms with Gasteiger partial charge in [0.2, 0.25) is 0 Å². The zero-order valence-electron chi connectivity index (χ0n) is 10.8. The van der Waals surface area contributed by atoms with Gasteiger partial charge >= 0.3 is 5.97 Å². The van der Waals surface area contributed by atoms with E-state index in [-0.39, 0.29) is 5.56 Å². The standard InChI is InChI=1S/C13H15FN2O4/c14-10-7-9(13(19)15-8-12(17)18)1-2-11(10)16-3-5-20-6-4-16/h1-2,7H,3-6,8H2,(H,15,19)(H,17,18). The third kappa shape index (κ3) is 3.45. The Labute approximate surface area is 115 Å². The molecule has 1 fully saturated rings. The first-order valence-corrected chi connectivity index (χ1v) is 6.20. The average molecular weight is 282 g/mol. The number of carboxylic acids is 1. The van der Waals surface area contributed by atoms with Gasteiger partial charge in [-0.25, -0.2) is 4.39 Å². The number of nitrogens with one attached hydrogen (secondary N) is 1. The van der Waals surface area contributed by atoms with Crippen LogP contribution in [0.1, 0.15) is 10.4 Å². The molecule has 1 heterocycles. The minimum atomic E-state index is -1.15. The van der Waals surface area contributed by atoms with Crippen molar-refractivity contribution in [2.75, 3.05) is 37.7 Å². The fourth-order valence-corrected chi connectivity index (χ4v) is 1.97. The van der Waals surface area contributed by atoms with E-state index >= 15 is 0 Å². The van der Waals surface area contributed by atoms with Crippen molar-refractivity contribution >= 4 is 17.6 Å². The molecule has 1 aliphatic rings. The number of morpholine rings is 1. The van der Waals surface area contributed by atoms with Gasteiger partial charge in [-0.1, -0.05) is 0 Å². The van der Waals surface area contributed by atoms with Crippen LogP contribution in [0, 0.1) is 5.82 Å². The summed E-state index contributed by atoms with van der Waals surface area (Å²) >= 11 is 0. The van der Waals surface area contributed by atoms with Crippen molar-refractivity contribution in [3.63, 3.8) is 0 Å². The maximum atomic E-state index is 14.0. The highest BCUT2D eigenvalue weighted by molar-refractivity contribution is 5.96. The normalized spacial score (nSPS) is 14.9. The Kier molecular flexibility index (Phi) is 4.52. The molecule has 1 amide bonds. The third-order valence-electron chi connectivity index (χ3n) is 2.96. The lowest BCUT2D eigenvalue weighted by atomic mass is 10.1. The second-order valence-corrected chi connectivity index (χ2v) is 4.34. The lowest BCUT2D eigenvalue weighted by molar-refractivity contribution is -0.135. The van der Waals surface area contributed by atoms with E-state index in [1.54, 1.807) is 0 Å². The van der Waals surface area contributed by atoms with E-state index in [2.05, 4.69) is 5.32 Å². The van der Waals surface area contributed by atoms with Crippen molar-refractivity contribution < 1.29 is 23.8 Å². The molecule has 1 aromatic rings. The summed E-state index contributed by atoms with van der Waals surface area (Å²) in [5, 5.41) is 10.7. The van der Waals surface area contributed by atoms with Crippen LogP contribution >= 0.6 is 0 Å². The summed E-state index contributed by atoms with van der Waals surface area (Å²) in [5.41, 5.74) is 0.517. The predicted octanol–water partition coefficient (Wildman–Crippen LogP) is 0.477. The average Bonchev–Trinajstić information content (AvgIpc) is 2.45. The Bertz CT molecular complexity index is 515. The number of rotatable bonds is 4. The minimum Gasteiger partial charge on any atom is -0.480 e. The number of carbonyl (C=O) groups is 2. The third-order valence-corrected chi connectivity index (χ3v) is 2.96. The van der Waals surface area contributed by atoms with Gasteiger partial charge in [-0.05, 0) is 18.2 Å². The van der Waals surface area contributed by atoms with E-state index < -0.39 is 24.2 Å². The van der Waals surface area contributed by atoms with Gasteiger partial charge in [-0.15, -0.1) is 0 Å². The number of aliphatic carboxylic acids is 1. The van der Waals surface area contributed by atoms with Gasteiger partial charge in [0, 0.05) is 18.7 Å². The van der Waals surface area contributed by atoms with Crippen LogP contribution in [0.25, 0.3) is 0 Å². The molecule has 0 bridgehead atoms. The van der Waals surface area contributed by atoms with Crippen LogP contribution in [0.15, 0.2) is 18.2 Å². The number of carboxylic acid groups (broad SMARTS) is 1. The van der Waals surface area contributed by atoms with Crippen molar-refractivity contribution in [1.82, 2.24) is 5.32 Å². The van der Waals surface area contributed by atoms with E-state index in [0.29, 0.717) is 32.0 Å². The summed E-state index contributed by atoms with van der Waals surface area (Å²) < 4.78 is 19.2. The molecule has 0 aliphatic carbocycles. The highest BCUT2D eigenvalue weighted by Gasteiger charge is 2.17. The molecule has 7 heteroatoms. The molecule has 1 saturated heterocycles. The van der Waals surface area contributed by atoms with Gasteiger partial charge in [0.25, 0.3) is 5.91 Å². The number of halogens is 1. The van der Waals surface area contributed by atoms with Gasteiger partial charge in [0.1, 0.15) is 12.4 Å². The van der Waals surface area contributed by atoms with Gasteiger partial charge in [-0.3, -0.25) is 9.59 Å². The lowest BCUT2D eigenvalue weighted by Crippen LogP contribution is -2.36. The Hall–Kier alpha value is -2.15. The number of anilines is 1. The second kappa shape index (κ2) is 6.33. The molecule has 0 unspecified atom stereocenters. The van der Waals surface area contributed by atoms with Crippen LogP contribution in [-0.2, 0) is 9.53 Å². The topological polar surface area (TPSA) is 78.9 Å². The first-order chi connectivity index (χ1) is 9.58. The molecule has 1 aromatic carbocycles. The van der Waals surface area contributed by atoms with Crippen LogP contribution < -0.4 is 10.2 Å². The Morgan fingerprint density at radius 1 is 1.35 bits per heavy atom. The molecule has 108 valence electrons. The maximum Gasteiger partial charge on any atom is 0.322 e. The van der Waals surface area contributed by atoms with Crippen molar-refractivity contribution in [1.29, 1.82) is 0 Å². The van der Waals surface area contributed by atoms with E-state index in [1.807, 2.05) is 4.90 Å². The van der Waals surface area contributed by atoms with Crippen molar-refractivity contribution in [2.24, 2.45) is 0 Å². The van der Waals surface area contributed by atoms with Crippen LogP contribution in [0.5, 0.6) is 0 Å². The zero-order chi connectivity index (χ0) is 14.5. The second-order valence-electron chi connectivity index (χ2n) is 4.34. The Morgan fingerprint density at radius 2 is 2.05 bits per heavy atom. The molecule has 0 spiro atoms. The molecule has 6 nitrogen and oxygen atoms in total. The van der Waals surface area contributed by atoms with E-state index in [0.717, 1.165) is 6.07 Å². The fourth-order valence-electron chi connectivity index (χ4n) is 1.97. The minimum absolute atomic E-state index is 0.0979. The number of nitrogens with zero attached hydrogens (tertiary/aromatic N) is 1. The lowest BCUT2D eigenvalue weighted by Gasteiger charge is -2.29. The summed E-state index contributed by atoms with van der Waals surface area (Å²) in [7, 11) is 0. The number of hydrogen-bond acceptors (Lipinski definition) is 4. The number of carbonyl (C=O) groups excluding carboxylic acids is 1. The molecule has 0 saturated carbocycles.